The molecule has 0 bridgehead atoms. The van der Waals surface area contributed by atoms with Crippen molar-refractivity contribution in [1.82, 2.24) is 9.97 Å². The normalized spacial score (nSPS) is 14.0. The second-order valence-corrected chi connectivity index (χ2v) is 6.97. The van der Waals surface area contributed by atoms with Crippen molar-refractivity contribution in [3.63, 3.8) is 0 Å². The molecule has 1 fully saturated rings. The lowest BCUT2D eigenvalue weighted by atomic mass is 10.1. The molecule has 144 valence electrons. The van der Waals surface area contributed by atoms with Crippen LogP contribution in [0.3, 0.4) is 0 Å². The first kappa shape index (κ1) is 18.2. The first-order valence-corrected chi connectivity index (χ1v) is 9.70. The van der Waals surface area contributed by atoms with Crippen LogP contribution >= 0.6 is 0 Å². The molecule has 5 nitrogen and oxygen atoms in total. The molecule has 0 amide bonds. The van der Waals surface area contributed by atoms with Gasteiger partial charge in [-0.2, -0.15) is 4.98 Å². The first-order chi connectivity index (χ1) is 13.8. The number of anilines is 4. The van der Waals surface area contributed by atoms with Crippen molar-refractivity contribution < 1.29 is 4.39 Å². The Bertz CT molecular complexity index is 890. The third-order valence-electron chi connectivity index (χ3n) is 4.89. The van der Waals surface area contributed by atoms with Crippen molar-refractivity contribution in [3.05, 3.63) is 72.2 Å². The summed E-state index contributed by atoms with van der Waals surface area (Å²) in [5.74, 6) is 1.02. The number of aromatic nitrogens is 2. The van der Waals surface area contributed by atoms with Gasteiger partial charge in [0.1, 0.15) is 11.6 Å². The fraction of sp³-hybridized carbons (Fsp3) is 0.273. The SMILES string of the molecule is Fc1ccc(CNc2ccnc(Nc3ccc(N4CCCCC4)cc3)n2)cc1. The molecule has 2 aromatic carbocycles. The lowest BCUT2D eigenvalue weighted by molar-refractivity contribution is 0.578. The molecular formula is C22H24FN5. The highest BCUT2D eigenvalue weighted by Gasteiger charge is 2.10. The summed E-state index contributed by atoms with van der Waals surface area (Å²) in [6.07, 6.45) is 5.58. The summed E-state index contributed by atoms with van der Waals surface area (Å²) in [5, 5.41) is 6.49. The highest BCUT2D eigenvalue weighted by molar-refractivity contribution is 5.60. The number of nitrogens with one attached hydrogen (secondary N) is 2. The number of rotatable bonds is 6. The number of hydrogen-bond donors (Lipinski definition) is 2. The molecule has 1 aromatic heterocycles. The minimum atomic E-state index is -0.233. The third kappa shape index (κ3) is 4.76. The fourth-order valence-corrected chi connectivity index (χ4v) is 3.35. The summed E-state index contributed by atoms with van der Waals surface area (Å²) in [6.45, 7) is 2.84. The Hall–Kier alpha value is -3.15. The molecule has 0 radical (unpaired) electrons. The molecule has 6 heteroatoms. The van der Waals surface area contributed by atoms with E-state index in [1.54, 1.807) is 18.3 Å². The van der Waals surface area contributed by atoms with Crippen LogP contribution in [-0.4, -0.2) is 23.1 Å². The van der Waals surface area contributed by atoms with Crippen molar-refractivity contribution >= 4 is 23.1 Å². The minimum Gasteiger partial charge on any atom is -0.372 e. The van der Waals surface area contributed by atoms with Crippen LogP contribution in [0.15, 0.2) is 60.8 Å². The van der Waals surface area contributed by atoms with Gasteiger partial charge in [-0.1, -0.05) is 12.1 Å². The van der Waals surface area contributed by atoms with Gasteiger partial charge in [0.15, 0.2) is 0 Å². The van der Waals surface area contributed by atoms with E-state index in [0.717, 1.165) is 24.3 Å². The minimum absolute atomic E-state index is 0.233. The summed E-state index contributed by atoms with van der Waals surface area (Å²) < 4.78 is 13.0. The Morgan fingerprint density at radius 3 is 2.39 bits per heavy atom. The van der Waals surface area contributed by atoms with Gasteiger partial charge in [-0.3, -0.25) is 0 Å². The van der Waals surface area contributed by atoms with Crippen LogP contribution in [0, 0.1) is 5.82 Å². The van der Waals surface area contributed by atoms with E-state index in [1.807, 2.05) is 6.07 Å². The Kier molecular flexibility index (Phi) is 5.66. The predicted octanol–water partition coefficient (Wildman–Crippen LogP) is 4.96. The van der Waals surface area contributed by atoms with Gasteiger partial charge in [0.05, 0.1) is 0 Å². The summed E-state index contributed by atoms with van der Waals surface area (Å²) >= 11 is 0. The first-order valence-electron chi connectivity index (χ1n) is 9.70. The maximum absolute atomic E-state index is 13.0. The largest absolute Gasteiger partial charge is 0.372 e. The molecule has 1 aliphatic rings. The smallest absolute Gasteiger partial charge is 0.229 e. The zero-order valence-corrected chi connectivity index (χ0v) is 15.7. The Morgan fingerprint density at radius 2 is 1.64 bits per heavy atom. The van der Waals surface area contributed by atoms with Crippen molar-refractivity contribution in [1.29, 1.82) is 0 Å². The standard InChI is InChI=1S/C22H24FN5/c23-18-6-4-17(5-7-18)16-25-21-12-13-24-22(27-21)26-19-8-10-20(11-9-19)28-14-2-1-3-15-28/h4-13H,1-3,14-16H2,(H2,24,25,26,27). The van der Waals surface area contributed by atoms with Crippen LogP contribution in [0.4, 0.5) is 27.5 Å². The van der Waals surface area contributed by atoms with E-state index >= 15 is 0 Å². The molecule has 0 aliphatic carbocycles. The maximum Gasteiger partial charge on any atom is 0.229 e. The second kappa shape index (κ2) is 8.69. The van der Waals surface area contributed by atoms with Gasteiger partial charge in [-0.15, -0.1) is 0 Å². The third-order valence-corrected chi connectivity index (χ3v) is 4.89. The molecule has 0 unspecified atom stereocenters. The average molecular weight is 377 g/mol. The molecule has 4 rings (SSSR count). The van der Waals surface area contributed by atoms with Crippen LogP contribution in [-0.2, 0) is 6.54 Å². The Balaban J connectivity index is 1.36. The monoisotopic (exact) mass is 377 g/mol. The summed E-state index contributed by atoms with van der Waals surface area (Å²) in [7, 11) is 0. The number of piperidine rings is 1. The van der Waals surface area contributed by atoms with Crippen molar-refractivity contribution in [2.75, 3.05) is 28.6 Å². The highest BCUT2D eigenvalue weighted by Crippen LogP contribution is 2.23. The van der Waals surface area contributed by atoms with E-state index in [9.17, 15) is 4.39 Å². The number of halogens is 1. The van der Waals surface area contributed by atoms with Crippen LogP contribution in [0.5, 0.6) is 0 Å². The molecule has 28 heavy (non-hydrogen) atoms. The lowest BCUT2D eigenvalue weighted by Crippen LogP contribution is -2.29. The predicted molar refractivity (Wildman–Crippen MR) is 112 cm³/mol. The molecule has 0 saturated carbocycles. The average Bonchev–Trinajstić information content (AvgIpc) is 2.75. The van der Waals surface area contributed by atoms with E-state index < -0.39 is 0 Å². The van der Waals surface area contributed by atoms with Gasteiger partial charge in [-0.05, 0) is 67.3 Å². The summed E-state index contributed by atoms with van der Waals surface area (Å²) in [5.41, 5.74) is 3.21. The van der Waals surface area contributed by atoms with Gasteiger partial charge in [0, 0.05) is 37.2 Å². The summed E-state index contributed by atoms with van der Waals surface area (Å²) in [4.78, 5) is 11.2. The summed E-state index contributed by atoms with van der Waals surface area (Å²) in [6, 6.07) is 16.6. The highest BCUT2D eigenvalue weighted by atomic mass is 19.1. The fourth-order valence-electron chi connectivity index (χ4n) is 3.35. The van der Waals surface area contributed by atoms with Crippen molar-refractivity contribution in [3.8, 4) is 0 Å². The Morgan fingerprint density at radius 1 is 0.893 bits per heavy atom. The van der Waals surface area contributed by atoms with Crippen LogP contribution in [0.1, 0.15) is 24.8 Å². The Labute approximate surface area is 164 Å². The number of benzene rings is 2. The van der Waals surface area contributed by atoms with Gasteiger partial charge in [0.2, 0.25) is 5.95 Å². The number of hydrogen-bond acceptors (Lipinski definition) is 5. The van der Waals surface area contributed by atoms with E-state index in [2.05, 4.69) is 49.8 Å². The zero-order valence-electron chi connectivity index (χ0n) is 15.7. The van der Waals surface area contributed by atoms with Crippen molar-refractivity contribution in [2.45, 2.75) is 25.8 Å². The van der Waals surface area contributed by atoms with Gasteiger partial charge < -0.3 is 15.5 Å². The number of nitrogens with zero attached hydrogens (tertiary/aromatic N) is 3. The molecule has 0 spiro atoms. The second-order valence-electron chi connectivity index (χ2n) is 6.97. The van der Waals surface area contributed by atoms with Crippen LogP contribution < -0.4 is 15.5 Å². The molecular weight excluding hydrogens is 353 g/mol. The van der Waals surface area contributed by atoms with Crippen molar-refractivity contribution in [2.24, 2.45) is 0 Å². The van der Waals surface area contributed by atoms with Gasteiger partial charge in [-0.25, -0.2) is 9.37 Å². The van der Waals surface area contributed by atoms with E-state index in [0.29, 0.717) is 18.3 Å². The van der Waals surface area contributed by atoms with Gasteiger partial charge >= 0.3 is 0 Å². The molecule has 1 saturated heterocycles. The molecule has 0 atom stereocenters. The zero-order chi connectivity index (χ0) is 19.2. The molecule has 2 heterocycles. The van der Waals surface area contributed by atoms with E-state index in [1.165, 1.54) is 37.1 Å². The topological polar surface area (TPSA) is 53.1 Å². The van der Waals surface area contributed by atoms with E-state index in [4.69, 9.17) is 0 Å². The van der Waals surface area contributed by atoms with Crippen LogP contribution in [0.2, 0.25) is 0 Å². The molecule has 3 aromatic rings. The van der Waals surface area contributed by atoms with E-state index in [-0.39, 0.29) is 5.82 Å². The van der Waals surface area contributed by atoms with Gasteiger partial charge in [0.25, 0.3) is 0 Å². The van der Waals surface area contributed by atoms with Crippen LogP contribution in [0.25, 0.3) is 0 Å². The molecule has 1 aliphatic heterocycles. The maximum atomic E-state index is 13.0. The quantitative estimate of drug-likeness (QED) is 0.636. The molecule has 2 N–H and O–H groups in total. The lowest BCUT2D eigenvalue weighted by Gasteiger charge is -2.28.